The number of aromatic amines is 1. The number of aromatic nitrogens is 3. The average Bonchev–Trinajstić information content (AvgIpc) is 3.54. The van der Waals surface area contributed by atoms with Crippen LogP contribution in [-0.4, -0.2) is 44.7 Å². The van der Waals surface area contributed by atoms with Crippen LogP contribution < -0.4 is 10.6 Å². The molecule has 214 valence electrons. The van der Waals surface area contributed by atoms with Crippen molar-refractivity contribution in [2.75, 3.05) is 12.3 Å². The number of urea groups is 1. The number of amides is 2. The Morgan fingerprint density at radius 3 is 2.46 bits per heavy atom. The molecule has 4 atom stereocenters. The van der Waals surface area contributed by atoms with Crippen molar-refractivity contribution in [2.45, 2.75) is 50.7 Å². The van der Waals surface area contributed by atoms with Crippen molar-refractivity contribution in [3.8, 4) is 11.1 Å². The van der Waals surface area contributed by atoms with E-state index in [0.29, 0.717) is 18.8 Å². The van der Waals surface area contributed by atoms with E-state index in [-0.39, 0.29) is 30.8 Å². The maximum absolute atomic E-state index is 11.9. The minimum absolute atomic E-state index is 0.00101. The van der Waals surface area contributed by atoms with E-state index >= 15 is 0 Å². The lowest BCUT2D eigenvalue weighted by molar-refractivity contribution is -0.268. The quantitative estimate of drug-likeness (QED) is 0.188. The fourth-order valence-electron chi connectivity index (χ4n) is 4.91. The van der Waals surface area contributed by atoms with Gasteiger partial charge >= 0.3 is 6.03 Å². The van der Waals surface area contributed by atoms with Crippen LogP contribution in [0.4, 0.5) is 4.79 Å². The van der Waals surface area contributed by atoms with Crippen LogP contribution in [0.25, 0.3) is 11.1 Å². The van der Waals surface area contributed by atoms with Crippen molar-refractivity contribution in [1.82, 2.24) is 25.8 Å². The van der Waals surface area contributed by atoms with Gasteiger partial charge in [-0.05, 0) is 34.7 Å². The topological polar surface area (TPSA) is 121 Å². The lowest BCUT2D eigenvalue weighted by atomic mass is 9.91. The van der Waals surface area contributed by atoms with Gasteiger partial charge in [-0.1, -0.05) is 91.5 Å². The minimum atomic E-state index is -0.558. The standard InChI is InChI=1S/C31H35N5O4S/c1-3-32-30(38)33-16-25-6-4-5-7-26(25)22-12-14-24(15-13-22)29-39-27(18-41-31-34-19-35-36-31)20(2)28(40-29)23-10-8-21(17-37)9-11-23/h4-15,19-20,27-29,37H,3,16-18H2,1-2H3,(H2,32,33,38)(H,34,35,36). The minimum Gasteiger partial charge on any atom is -0.392 e. The van der Waals surface area contributed by atoms with Crippen LogP contribution in [0, 0.1) is 5.92 Å². The van der Waals surface area contributed by atoms with Crippen LogP contribution in [0.15, 0.2) is 84.3 Å². The number of nitrogens with one attached hydrogen (secondary N) is 3. The first-order valence-corrected chi connectivity index (χ1v) is 14.7. The highest BCUT2D eigenvalue weighted by molar-refractivity contribution is 7.99. The van der Waals surface area contributed by atoms with Gasteiger partial charge < -0.3 is 25.2 Å². The number of carbonyl (C=O) groups is 1. The van der Waals surface area contributed by atoms with Gasteiger partial charge in [0.1, 0.15) is 6.33 Å². The molecular weight excluding hydrogens is 538 g/mol. The van der Waals surface area contributed by atoms with Gasteiger partial charge in [-0.2, -0.15) is 5.10 Å². The smallest absolute Gasteiger partial charge is 0.315 e. The molecule has 4 aromatic rings. The molecule has 0 aliphatic carbocycles. The molecule has 1 fully saturated rings. The van der Waals surface area contributed by atoms with Crippen molar-refractivity contribution in [3.63, 3.8) is 0 Å². The number of hydrogen-bond acceptors (Lipinski definition) is 7. The van der Waals surface area contributed by atoms with Gasteiger partial charge in [0.15, 0.2) is 11.4 Å². The normalized spacial score (nSPS) is 20.5. The van der Waals surface area contributed by atoms with Crippen molar-refractivity contribution < 1.29 is 19.4 Å². The fraction of sp³-hybridized carbons (Fsp3) is 0.323. The maximum Gasteiger partial charge on any atom is 0.315 e. The average molecular weight is 574 g/mol. The molecule has 5 rings (SSSR count). The Hall–Kier alpha value is -3.70. The number of thioether (sulfide) groups is 1. The van der Waals surface area contributed by atoms with Gasteiger partial charge in [-0.3, -0.25) is 5.10 Å². The van der Waals surface area contributed by atoms with Gasteiger partial charge in [-0.25, -0.2) is 9.78 Å². The summed E-state index contributed by atoms with van der Waals surface area (Å²) in [6.07, 6.45) is 0.646. The number of hydrogen-bond donors (Lipinski definition) is 4. The SMILES string of the molecule is CCNC(=O)NCc1ccccc1-c1ccc(C2OC(CSc3ncn[nH]3)C(C)C(c3ccc(CO)cc3)O2)cc1. The number of aliphatic hydroxyl groups excluding tert-OH is 1. The molecule has 1 saturated heterocycles. The summed E-state index contributed by atoms with van der Waals surface area (Å²) in [6, 6.07) is 24.0. The predicted molar refractivity (Wildman–Crippen MR) is 158 cm³/mol. The van der Waals surface area contributed by atoms with Gasteiger partial charge in [-0.15, -0.1) is 0 Å². The first-order valence-electron chi connectivity index (χ1n) is 13.7. The molecule has 2 heterocycles. The predicted octanol–water partition coefficient (Wildman–Crippen LogP) is 5.37. The second-order valence-corrected chi connectivity index (χ2v) is 10.9. The zero-order valence-corrected chi connectivity index (χ0v) is 23.9. The summed E-state index contributed by atoms with van der Waals surface area (Å²) >= 11 is 1.57. The molecule has 9 nitrogen and oxygen atoms in total. The molecule has 3 aromatic carbocycles. The molecule has 10 heteroatoms. The third-order valence-electron chi connectivity index (χ3n) is 7.19. The Bertz CT molecular complexity index is 1400. The van der Waals surface area contributed by atoms with E-state index in [2.05, 4.69) is 50.9 Å². The van der Waals surface area contributed by atoms with E-state index < -0.39 is 6.29 Å². The highest BCUT2D eigenvalue weighted by atomic mass is 32.2. The first-order chi connectivity index (χ1) is 20.1. The monoisotopic (exact) mass is 573 g/mol. The summed E-state index contributed by atoms with van der Waals surface area (Å²) in [6.45, 7) is 5.04. The summed E-state index contributed by atoms with van der Waals surface area (Å²) in [7, 11) is 0. The molecule has 1 aliphatic heterocycles. The molecule has 4 N–H and O–H groups in total. The van der Waals surface area contributed by atoms with Crippen molar-refractivity contribution in [1.29, 1.82) is 0 Å². The third kappa shape index (κ3) is 7.15. The zero-order chi connectivity index (χ0) is 28.6. The Balaban J connectivity index is 1.36. The summed E-state index contributed by atoms with van der Waals surface area (Å²) in [5.74, 6) is 0.760. The van der Waals surface area contributed by atoms with E-state index in [1.165, 1.54) is 6.33 Å². The lowest BCUT2D eigenvalue weighted by Gasteiger charge is -2.41. The molecule has 4 unspecified atom stereocenters. The summed E-state index contributed by atoms with van der Waals surface area (Å²) in [5.41, 5.74) is 5.95. The highest BCUT2D eigenvalue weighted by Gasteiger charge is 2.38. The highest BCUT2D eigenvalue weighted by Crippen LogP contribution is 2.43. The number of carbonyl (C=O) groups excluding carboxylic acids is 1. The van der Waals surface area contributed by atoms with Gasteiger partial charge in [0.05, 0.1) is 18.8 Å². The van der Waals surface area contributed by atoms with Crippen LogP contribution in [0.2, 0.25) is 0 Å². The lowest BCUT2D eigenvalue weighted by Crippen LogP contribution is -2.38. The van der Waals surface area contributed by atoms with Crippen LogP contribution >= 0.6 is 11.8 Å². The molecule has 0 radical (unpaired) electrons. The zero-order valence-electron chi connectivity index (χ0n) is 23.1. The maximum atomic E-state index is 11.9. The number of nitrogens with zero attached hydrogens (tertiary/aromatic N) is 2. The van der Waals surface area contributed by atoms with E-state index in [0.717, 1.165) is 38.5 Å². The Morgan fingerprint density at radius 1 is 1.00 bits per heavy atom. The fourth-order valence-corrected chi connectivity index (χ4v) is 5.85. The number of rotatable bonds is 10. The van der Waals surface area contributed by atoms with E-state index in [9.17, 15) is 9.90 Å². The molecule has 0 bridgehead atoms. The molecular formula is C31H35N5O4S. The molecule has 1 aromatic heterocycles. The molecule has 41 heavy (non-hydrogen) atoms. The van der Waals surface area contributed by atoms with E-state index in [4.69, 9.17) is 9.47 Å². The number of H-pyrrole nitrogens is 1. The van der Waals surface area contributed by atoms with Crippen LogP contribution in [0.5, 0.6) is 0 Å². The van der Waals surface area contributed by atoms with E-state index in [1.807, 2.05) is 61.5 Å². The Labute approximate surface area is 244 Å². The summed E-state index contributed by atoms with van der Waals surface area (Å²) < 4.78 is 13.1. The van der Waals surface area contributed by atoms with Gasteiger partial charge in [0.25, 0.3) is 0 Å². The number of benzene rings is 3. The summed E-state index contributed by atoms with van der Waals surface area (Å²) in [5, 5.41) is 22.8. The van der Waals surface area contributed by atoms with Crippen molar-refractivity contribution >= 4 is 17.8 Å². The number of ether oxygens (including phenoxy) is 2. The third-order valence-corrected chi connectivity index (χ3v) is 8.15. The van der Waals surface area contributed by atoms with Gasteiger partial charge in [0.2, 0.25) is 0 Å². The Kier molecular flexibility index (Phi) is 9.68. The van der Waals surface area contributed by atoms with Gasteiger partial charge in [0, 0.05) is 30.3 Å². The first kappa shape index (κ1) is 28.8. The molecule has 0 spiro atoms. The van der Waals surface area contributed by atoms with Crippen molar-refractivity contribution in [3.05, 3.63) is 101 Å². The molecule has 2 amide bonds. The van der Waals surface area contributed by atoms with Crippen LogP contribution in [0.1, 0.15) is 48.5 Å². The summed E-state index contributed by atoms with van der Waals surface area (Å²) in [4.78, 5) is 16.2. The van der Waals surface area contributed by atoms with Crippen LogP contribution in [0.3, 0.4) is 0 Å². The van der Waals surface area contributed by atoms with E-state index in [1.54, 1.807) is 11.8 Å². The molecule has 0 saturated carbocycles. The van der Waals surface area contributed by atoms with Crippen molar-refractivity contribution in [2.24, 2.45) is 5.92 Å². The number of aliphatic hydroxyl groups is 1. The van der Waals surface area contributed by atoms with Crippen LogP contribution in [-0.2, 0) is 22.6 Å². The second-order valence-electron chi connectivity index (χ2n) is 9.92. The Morgan fingerprint density at radius 2 is 1.76 bits per heavy atom. The molecule has 1 aliphatic rings. The second kappa shape index (κ2) is 13.8. The largest absolute Gasteiger partial charge is 0.392 e.